The Morgan fingerprint density at radius 2 is 1.79 bits per heavy atom. The van der Waals surface area contributed by atoms with Crippen LogP contribution in [-0.4, -0.2) is 40.0 Å². The average Bonchev–Trinajstić information content (AvgIpc) is 2.38. The minimum atomic E-state index is -0.525. The first-order chi connectivity index (χ1) is 9.03. The zero-order valence-corrected chi connectivity index (χ0v) is 11.6. The van der Waals surface area contributed by atoms with Crippen LogP contribution in [-0.2, 0) is 9.47 Å². The van der Waals surface area contributed by atoms with Crippen molar-refractivity contribution >= 4 is 11.7 Å². The SMILES string of the molecule is COC[C@@H](C)OC(=O)c1cc(OC)c(OC)cc1N. The zero-order chi connectivity index (χ0) is 14.4. The van der Waals surface area contributed by atoms with Crippen LogP contribution in [0.4, 0.5) is 5.69 Å². The smallest absolute Gasteiger partial charge is 0.340 e. The van der Waals surface area contributed by atoms with E-state index in [1.165, 1.54) is 33.5 Å². The second kappa shape index (κ2) is 6.84. The van der Waals surface area contributed by atoms with E-state index in [-0.39, 0.29) is 17.4 Å². The number of anilines is 1. The van der Waals surface area contributed by atoms with Crippen molar-refractivity contribution in [3.63, 3.8) is 0 Å². The molecule has 1 aromatic rings. The number of benzene rings is 1. The topological polar surface area (TPSA) is 80.0 Å². The number of ether oxygens (including phenoxy) is 4. The van der Waals surface area contributed by atoms with Gasteiger partial charge in [0.15, 0.2) is 11.5 Å². The summed E-state index contributed by atoms with van der Waals surface area (Å²) in [5.41, 5.74) is 6.31. The standard InChI is InChI=1S/C13H19NO5/c1-8(7-16-2)19-13(15)9-5-11(17-3)12(18-4)6-10(9)14/h5-6,8H,7,14H2,1-4H3/t8-/m1/s1. The number of hydrogen-bond donors (Lipinski definition) is 1. The van der Waals surface area contributed by atoms with Gasteiger partial charge in [-0.15, -0.1) is 0 Å². The number of carbonyl (C=O) groups excluding carboxylic acids is 1. The first-order valence-electron chi connectivity index (χ1n) is 5.74. The molecule has 19 heavy (non-hydrogen) atoms. The van der Waals surface area contributed by atoms with Crippen molar-refractivity contribution in [1.29, 1.82) is 0 Å². The molecule has 1 atom stereocenters. The molecule has 6 heteroatoms. The van der Waals surface area contributed by atoms with Gasteiger partial charge in [0.25, 0.3) is 0 Å². The molecule has 0 saturated heterocycles. The maximum Gasteiger partial charge on any atom is 0.340 e. The van der Waals surface area contributed by atoms with E-state index >= 15 is 0 Å². The molecule has 0 aliphatic carbocycles. The van der Waals surface area contributed by atoms with Crippen molar-refractivity contribution in [2.45, 2.75) is 13.0 Å². The van der Waals surface area contributed by atoms with E-state index in [9.17, 15) is 4.79 Å². The highest BCUT2D eigenvalue weighted by atomic mass is 16.6. The van der Waals surface area contributed by atoms with Gasteiger partial charge < -0.3 is 24.7 Å². The van der Waals surface area contributed by atoms with E-state index < -0.39 is 5.97 Å². The summed E-state index contributed by atoms with van der Waals surface area (Å²) < 4.78 is 20.3. The molecule has 0 aliphatic rings. The number of rotatable bonds is 6. The van der Waals surface area contributed by atoms with Gasteiger partial charge in [-0.1, -0.05) is 0 Å². The summed E-state index contributed by atoms with van der Waals surface area (Å²) >= 11 is 0. The molecule has 0 saturated carbocycles. The van der Waals surface area contributed by atoms with E-state index in [2.05, 4.69) is 0 Å². The first kappa shape index (κ1) is 15.1. The molecule has 0 aromatic heterocycles. The summed E-state index contributed by atoms with van der Waals surface area (Å²) in [6, 6.07) is 3.02. The van der Waals surface area contributed by atoms with Crippen LogP contribution in [0.15, 0.2) is 12.1 Å². The molecule has 0 bridgehead atoms. The van der Waals surface area contributed by atoms with Gasteiger partial charge >= 0.3 is 5.97 Å². The molecule has 0 aliphatic heterocycles. The summed E-state index contributed by atoms with van der Waals surface area (Å²) in [6.45, 7) is 2.05. The molecular formula is C13H19NO5. The highest BCUT2D eigenvalue weighted by molar-refractivity contribution is 5.96. The number of nitrogen functional groups attached to an aromatic ring is 1. The third-order valence-electron chi connectivity index (χ3n) is 2.49. The molecule has 0 radical (unpaired) electrons. The van der Waals surface area contributed by atoms with Gasteiger partial charge in [-0.2, -0.15) is 0 Å². The van der Waals surface area contributed by atoms with Gasteiger partial charge in [0, 0.05) is 19.2 Å². The second-order valence-electron chi connectivity index (χ2n) is 3.97. The second-order valence-corrected chi connectivity index (χ2v) is 3.97. The quantitative estimate of drug-likeness (QED) is 0.622. The number of methoxy groups -OCH3 is 3. The van der Waals surface area contributed by atoms with E-state index in [1.807, 2.05) is 0 Å². The van der Waals surface area contributed by atoms with Gasteiger partial charge in [-0.25, -0.2) is 4.79 Å². The zero-order valence-electron chi connectivity index (χ0n) is 11.6. The van der Waals surface area contributed by atoms with Crippen LogP contribution in [0, 0.1) is 0 Å². The molecule has 0 heterocycles. The highest BCUT2D eigenvalue weighted by Gasteiger charge is 2.18. The lowest BCUT2D eigenvalue weighted by atomic mass is 10.1. The van der Waals surface area contributed by atoms with Crippen molar-refractivity contribution < 1.29 is 23.7 Å². The van der Waals surface area contributed by atoms with Crippen LogP contribution in [0.3, 0.4) is 0 Å². The Kier molecular flexibility index (Phi) is 5.44. The number of carbonyl (C=O) groups is 1. The van der Waals surface area contributed by atoms with Gasteiger partial charge in [-0.05, 0) is 6.92 Å². The monoisotopic (exact) mass is 269 g/mol. The number of esters is 1. The van der Waals surface area contributed by atoms with Gasteiger partial charge in [0.1, 0.15) is 6.10 Å². The van der Waals surface area contributed by atoms with Crippen LogP contribution in [0.5, 0.6) is 11.5 Å². The fraction of sp³-hybridized carbons (Fsp3) is 0.462. The molecule has 1 aromatic carbocycles. The fourth-order valence-corrected chi connectivity index (χ4v) is 1.59. The first-order valence-corrected chi connectivity index (χ1v) is 5.74. The van der Waals surface area contributed by atoms with Gasteiger partial charge in [-0.3, -0.25) is 0 Å². The normalized spacial score (nSPS) is 11.8. The van der Waals surface area contributed by atoms with Crippen molar-refractivity contribution in [2.24, 2.45) is 0 Å². The highest BCUT2D eigenvalue weighted by Crippen LogP contribution is 2.32. The van der Waals surface area contributed by atoms with Crippen LogP contribution in [0.2, 0.25) is 0 Å². The Bertz CT molecular complexity index is 447. The van der Waals surface area contributed by atoms with E-state index in [0.29, 0.717) is 18.1 Å². The van der Waals surface area contributed by atoms with Crippen LogP contribution < -0.4 is 15.2 Å². The Hall–Kier alpha value is -1.95. The number of nitrogens with two attached hydrogens (primary N) is 1. The van der Waals surface area contributed by atoms with Crippen LogP contribution in [0.25, 0.3) is 0 Å². The molecular weight excluding hydrogens is 250 g/mol. The number of hydrogen-bond acceptors (Lipinski definition) is 6. The molecule has 2 N–H and O–H groups in total. The lowest BCUT2D eigenvalue weighted by Crippen LogP contribution is -2.20. The molecule has 106 valence electrons. The molecule has 6 nitrogen and oxygen atoms in total. The fourth-order valence-electron chi connectivity index (χ4n) is 1.59. The van der Waals surface area contributed by atoms with Gasteiger partial charge in [0.2, 0.25) is 0 Å². The Balaban J connectivity index is 2.96. The van der Waals surface area contributed by atoms with Crippen LogP contribution in [0.1, 0.15) is 17.3 Å². The van der Waals surface area contributed by atoms with Crippen molar-refractivity contribution in [1.82, 2.24) is 0 Å². The lowest BCUT2D eigenvalue weighted by Gasteiger charge is -2.15. The summed E-state index contributed by atoms with van der Waals surface area (Å²) in [5.74, 6) is 0.354. The van der Waals surface area contributed by atoms with Crippen LogP contribution >= 0.6 is 0 Å². The van der Waals surface area contributed by atoms with E-state index in [4.69, 9.17) is 24.7 Å². The molecule has 0 unspecified atom stereocenters. The average molecular weight is 269 g/mol. The van der Waals surface area contributed by atoms with Crippen molar-refractivity contribution in [3.8, 4) is 11.5 Å². The molecule has 1 rings (SSSR count). The minimum Gasteiger partial charge on any atom is -0.493 e. The van der Waals surface area contributed by atoms with Gasteiger partial charge in [0.05, 0.1) is 32.1 Å². The minimum absolute atomic E-state index is 0.237. The maximum atomic E-state index is 12.0. The van der Waals surface area contributed by atoms with Crippen molar-refractivity contribution in [3.05, 3.63) is 17.7 Å². The predicted octanol–water partition coefficient (Wildman–Crippen LogP) is 1.48. The summed E-state index contributed by atoms with van der Waals surface area (Å²) in [5, 5.41) is 0. The molecule has 0 spiro atoms. The Labute approximate surface area is 112 Å². The third kappa shape index (κ3) is 3.75. The largest absolute Gasteiger partial charge is 0.493 e. The molecule has 0 fully saturated rings. The van der Waals surface area contributed by atoms with E-state index in [0.717, 1.165) is 0 Å². The van der Waals surface area contributed by atoms with Crippen molar-refractivity contribution in [2.75, 3.05) is 33.7 Å². The Morgan fingerprint density at radius 1 is 1.21 bits per heavy atom. The summed E-state index contributed by atoms with van der Waals surface area (Å²) in [6.07, 6.45) is -0.356. The van der Waals surface area contributed by atoms with E-state index in [1.54, 1.807) is 6.92 Å². The predicted molar refractivity (Wildman–Crippen MR) is 70.7 cm³/mol. The third-order valence-corrected chi connectivity index (χ3v) is 2.49. The lowest BCUT2D eigenvalue weighted by molar-refractivity contribution is 0.0121. The summed E-state index contributed by atoms with van der Waals surface area (Å²) in [4.78, 5) is 12.0. The maximum absolute atomic E-state index is 12.0. The Morgan fingerprint density at radius 3 is 2.32 bits per heavy atom. The molecule has 0 amide bonds. The summed E-state index contributed by atoms with van der Waals surface area (Å²) in [7, 11) is 4.52.